The predicted octanol–water partition coefficient (Wildman–Crippen LogP) is 9.69. The molecule has 1 unspecified atom stereocenters. The zero-order valence-electron chi connectivity index (χ0n) is 21.3. The van der Waals surface area contributed by atoms with Crippen molar-refractivity contribution in [3.63, 3.8) is 0 Å². The average Bonchev–Trinajstić information content (AvgIpc) is 2.92. The highest BCUT2D eigenvalue weighted by atomic mass is 15.2. The quantitative estimate of drug-likeness (QED) is 0.213. The van der Waals surface area contributed by atoms with Gasteiger partial charge >= 0.3 is 0 Å². The molecular formula is C34H37N. The van der Waals surface area contributed by atoms with E-state index in [1.807, 2.05) is 0 Å². The fourth-order valence-electron chi connectivity index (χ4n) is 4.70. The van der Waals surface area contributed by atoms with Gasteiger partial charge in [0.25, 0.3) is 0 Å². The molecule has 0 saturated heterocycles. The summed E-state index contributed by atoms with van der Waals surface area (Å²) in [6, 6.07) is 39.9. The topological polar surface area (TPSA) is 3.24 Å². The van der Waals surface area contributed by atoms with E-state index in [2.05, 4.69) is 141 Å². The molecule has 1 atom stereocenters. The van der Waals surface area contributed by atoms with E-state index in [-0.39, 0.29) is 0 Å². The molecule has 1 heteroatoms. The van der Waals surface area contributed by atoms with E-state index in [9.17, 15) is 0 Å². The molecule has 0 saturated carbocycles. The number of hydrogen-bond acceptors (Lipinski definition) is 1. The van der Waals surface area contributed by atoms with E-state index in [1.165, 1.54) is 58.5 Å². The first-order valence-corrected chi connectivity index (χ1v) is 13.0. The van der Waals surface area contributed by atoms with Gasteiger partial charge in [0.1, 0.15) is 0 Å². The first kappa shape index (κ1) is 24.5. The monoisotopic (exact) mass is 459 g/mol. The van der Waals surface area contributed by atoms with Crippen LogP contribution < -0.4 is 4.90 Å². The van der Waals surface area contributed by atoms with Crippen LogP contribution in [0.1, 0.15) is 61.8 Å². The SMILES string of the molecule is CCCCC(CC)N(c1ccc(C)cc1)c1ccc(C=C(c2ccccc2)c2ccccc2)cc1. The second kappa shape index (κ2) is 12.2. The van der Waals surface area contributed by atoms with Crippen LogP contribution in [0.25, 0.3) is 11.6 Å². The minimum atomic E-state index is 0.489. The predicted molar refractivity (Wildman–Crippen MR) is 153 cm³/mol. The lowest BCUT2D eigenvalue weighted by Crippen LogP contribution is -2.30. The van der Waals surface area contributed by atoms with E-state index in [1.54, 1.807) is 0 Å². The fourth-order valence-corrected chi connectivity index (χ4v) is 4.70. The second-order valence-corrected chi connectivity index (χ2v) is 9.29. The van der Waals surface area contributed by atoms with Crippen molar-refractivity contribution >= 4 is 23.0 Å². The van der Waals surface area contributed by atoms with Crippen LogP contribution in [0.15, 0.2) is 109 Å². The summed E-state index contributed by atoms with van der Waals surface area (Å²) >= 11 is 0. The van der Waals surface area contributed by atoms with Gasteiger partial charge in [0.05, 0.1) is 0 Å². The fraction of sp³-hybridized carbons (Fsp3) is 0.235. The van der Waals surface area contributed by atoms with Crippen LogP contribution in [0.2, 0.25) is 0 Å². The van der Waals surface area contributed by atoms with Gasteiger partial charge in [0.15, 0.2) is 0 Å². The lowest BCUT2D eigenvalue weighted by atomic mass is 9.95. The zero-order chi connectivity index (χ0) is 24.5. The van der Waals surface area contributed by atoms with E-state index in [4.69, 9.17) is 0 Å². The lowest BCUT2D eigenvalue weighted by Gasteiger charge is -2.34. The van der Waals surface area contributed by atoms with Gasteiger partial charge in [-0.3, -0.25) is 0 Å². The van der Waals surface area contributed by atoms with E-state index in [0.29, 0.717) is 6.04 Å². The normalized spacial score (nSPS) is 11.6. The Hall–Kier alpha value is -3.58. The molecule has 178 valence electrons. The van der Waals surface area contributed by atoms with Crippen molar-refractivity contribution in [1.29, 1.82) is 0 Å². The van der Waals surface area contributed by atoms with Gasteiger partial charge in [-0.05, 0) is 72.4 Å². The van der Waals surface area contributed by atoms with Gasteiger partial charge < -0.3 is 4.90 Å². The molecule has 35 heavy (non-hydrogen) atoms. The van der Waals surface area contributed by atoms with Crippen LogP contribution in [0, 0.1) is 6.92 Å². The third kappa shape index (κ3) is 6.31. The van der Waals surface area contributed by atoms with Crippen molar-refractivity contribution in [3.8, 4) is 0 Å². The second-order valence-electron chi connectivity index (χ2n) is 9.29. The Bertz CT molecular complexity index is 1150. The molecule has 0 aromatic heterocycles. The zero-order valence-corrected chi connectivity index (χ0v) is 21.3. The number of rotatable bonds is 10. The molecule has 0 aliphatic carbocycles. The summed E-state index contributed by atoms with van der Waals surface area (Å²) in [7, 11) is 0. The maximum Gasteiger partial charge on any atom is 0.0413 e. The molecule has 4 aromatic rings. The minimum absolute atomic E-state index is 0.489. The largest absolute Gasteiger partial charge is 0.338 e. The molecule has 4 rings (SSSR count). The first-order valence-electron chi connectivity index (χ1n) is 13.0. The Labute approximate surface area is 211 Å². The lowest BCUT2D eigenvalue weighted by molar-refractivity contribution is 0.551. The average molecular weight is 460 g/mol. The van der Waals surface area contributed by atoms with Crippen molar-refractivity contribution < 1.29 is 0 Å². The molecule has 0 heterocycles. The van der Waals surface area contributed by atoms with Gasteiger partial charge in [-0.25, -0.2) is 0 Å². The van der Waals surface area contributed by atoms with Gasteiger partial charge in [-0.2, -0.15) is 0 Å². The summed E-state index contributed by atoms with van der Waals surface area (Å²) in [5, 5.41) is 0. The molecule has 0 N–H and O–H groups in total. The summed E-state index contributed by atoms with van der Waals surface area (Å²) in [5.41, 5.74) is 8.74. The Kier molecular flexibility index (Phi) is 8.57. The van der Waals surface area contributed by atoms with Gasteiger partial charge in [0, 0.05) is 17.4 Å². The van der Waals surface area contributed by atoms with Crippen LogP contribution in [0.4, 0.5) is 11.4 Å². The molecule has 0 fully saturated rings. The number of anilines is 2. The van der Waals surface area contributed by atoms with E-state index >= 15 is 0 Å². The van der Waals surface area contributed by atoms with Gasteiger partial charge in [-0.1, -0.05) is 117 Å². The summed E-state index contributed by atoms with van der Waals surface area (Å²) in [5.74, 6) is 0. The van der Waals surface area contributed by atoms with Crippen LogP contribution in [-0.4, -0.2) is 6.04 Å². The van der Waals surface area contributed by atoms with Gasteiger partial charge in [0.2, 0.25) is 0 Å². The minimum Gasteiger partial charge on any atom is -0.338 e. The Balaban J connectivity index is 1.71. The van der Waals surface area contributed by atoms with E-state index < -0.39 is 0 Å². The van der Waals surface area contributed by atoms with Crippen molar-refractivity contribution in [2.45, 2.75) is 52.5 Å². The molecule has 0 aliphatic heterocycles. The summed E-state index contributed by atoms with van der Waals surface area (Å²) in [4.78, 5) is 2.54. The summed E-state index contributed by atoms with van der Waals surface area (Å²) < 4.78 is 0. The number of nitrogens with zero attached hydrogens (tertiary/aromatic N) is 1. The maximum absolute atomic E-state index is 2.54. The van der Waals surface area contributed by atoms with Crippen LogP contribution >= 0.6 is 0 Å². The highest BCUT2D eigenvalue weighted by Crippen LogP contribution is 2.33. The van der Waals surface area contributed by atoms with Crippen LogP contribution in [0.5, 0.6) is 0 Å². The number of benzene rings is 4. The third-order valence-electron chi connectivity index (χ3n) is 6.69. The van der Waals surface area contributed by atoms with Crippen molar-refractivity contribution in [2.24, 2.45) is 0 Å². The van der Waals surface area contributed by atoms with Gasteiger partial charge in [-0.15, -0.1) is 0 Å². The highest BCUT2D eigenvalue weighted by molar-refractivity contribution is 5.91. The third-order valence-corrected chi connectivity index (χ3v) is 6.69. The molecule has 1 nitrogen and oxygen atoms in total. The molecule has 0 bridgehead atoms. The Morgan fingerprint density at radius 2 is 1.20 bits per heavy atom. The Morgan fingerprint density at radius 1 is 0.686 bits per heavy atom. The molecule has 0 aliphatic rings. The van der Waals surface area contributed by atoms with Crippen molar-refractivity contribution in [3.05, 3.63) is 131 Å². The summed E-state index contributed by atoms with van der Waals surface area (Å²) in [6.07, 6.45) is 7.11. The standard InChI is InChI=1S/C34H37N/c1-4-6-17-31(5-2)35(32-22-18-27(3)19-23-32)33-24-20-28(21-25-33)26-34(29-13-9-7-10-14-29)30-15-11-8-12-16-30/h7-16,18-26,31H,4-6,17H2,1-3H3. The van der Waals surface area contributed by atoms with Crippen LogP contribution in [0.3, 0.4) is 0 Å². The molecule has 0 radical (unpaired) electrons. The smallest absolute Gasteiger partial charge is 0.0413 e. The van der Waals surface area contributed by atoms with Crippen LogP contribution in [-0.2, 0) is 0 Å². The maximum atomic E-state index is 2.54. The number of aryl methyl sites for hydroxylation is 1. The highest BCUT2D eigenvalue weighted by Gasteiger charge is 2.19. The number of unbranched alkanes of at least 4 members (excludes halogenated alkanes) is 1. The van der Waals surface area contributed by atoms with E-state index in [0.717, 1.165) is 6.42 Å². The van der Waals surface area contributed by atoms with Crippen molar-refractivity contribution in [2.75, 3.05) is 4.90 Å². The molecular weight excluding hydrogens is 422 g/mol. The summed E-state index contributed by atoms with van der Waals surface area (Å²) in [6.45, 7) is 6.74. The van der Waals surface area contributed by atoms with Crippen molar-refractivity contribution in [1.82, 2.24) is 0 Å². The Morgan fingerprint density at radius 3 is 1.69 bits per heavy atom. The molecule has 4 aromatic carbocycles. The molecule has 0 spiro atoms. The molecule has 0 amide bonds. The first-order chi connectivity index (χ1) is 17.2. The number of hydrogen-bond donors (Lipinski definition) is 0.